The zero-order valence-corrected chi connectivity index (χ0v) is 20.6. The Hall–Kier alpha value is -3.85. The Morgan fingerprint density at radius 1 is 0.811 bits per heavy atom. The normalized spacial score (nSPS) is 13.9. The Morgan fingerprint density at radius 2 is 1.35 bits per heavy atom. The molecule has 0 aliphatic carbocycles. The summed E-state index contributed by atoms with van der Waals surface area (Å²) in [5.74, 6) is -6.17. The van der Waals surface area contributed by atoms with Gasteiger partial charge in [0.05, 0.1) is 6.04 Å². The zero-order chi connectivity index (χ0) is 28.1. The first-order chi connectivity index (χ1) is 17.3. The van der Waals surface area contributed by atoms with Crippen molar-refractivity contribution in [2.75, 3.05) is 5.75 Å². The number of carbonyl (C=O) groups excluding carboxylic acids is 4. The standard InChI is InChI=1S/C22H31N5O9S/c23-13(5-7-17(24)29)19(32)27-16(10-37)21(34)25-14(6-8-18(30)31)20(33)26-15(22(35)36)9-11-1-3-12(28)4-2-11/h1-4,13-16,28,37H,5-10,23H2,(H2,24,29)(H,25,34)(H,26,33)(H,27,32)(H,30,31)(H,35,36). The summed E-state index contributed by atoms with van der Waals surface area (Å²) in [6.45, 7) is 0. The molecule has 0 aliphatic rings. The summed E-state index contributed by atoms with van der Waals surface area (Å²) < 4.78 is 0. The topological polar surface area (TPSA) is 251 Å². The van der Waals surface area contributed by atoms with Crippen molar-refractivity contribution >= 4 is 48.2 Å². The van der Waals surface area contributed by atoms with Crippen molar-refractivity contribution in [1.29, 1.82) is 0 Å². The number of hydrogen-bond donors (Lipinski definition) is 9. The molecule has 0 fully saturated rings. The number of primary amides is 1. The molecule has 0 spiro atoms. The van der Waals surface area contributed by atoms with Crippen molar-refractivity contribution in [1.82, 2.24) is 16.0 Å². The molecule has 0 radical (unpaired) electrons. The van der Waals surface area contributed by atoms with Crippen LogP contribution in [0, 0.1) is 0 Å². The number of phenolic OH excluding ortho intramolecular Hbond substituents is 1. The lowest BCUT2D eigenvalue weighted by Crippen LogP contribution is -2.57. The van der Waals surface area contributed by atoms with E-state index in [1.165, 1.54) is 24.3 Å². The van der Waals surface area contributed by atoms with E-state index in [0.29, 0.717) is 5.56 Å². The van der Waals surface area contributed by atoms with Crippen molar-refractivity contribution in [2.24, 2.45) is 11.5 Å². The minimum absolute atomic E-state index is 0.0317. The number of aromatic hydroxyl groups is 1. The van der Waals surface area contributed by atoms with Gasteiger partial charge in [-0.05, 0) is 30.5 Å². The molecule has 14 nitrogen and oxygen atoms in total. The summed E-state index contributed by atoms with van der Waals surface area (Å²) in [7, 11) is 0. The average molecular weight is 542 g/mol. The first-order valence-electron chi connectivity index (χ1n) is 11.1. The van der Waals surface area contributed by atoms with Crippen LogP contribution in [0.15, 0.2) is 24.3 Å². The van der Waals surface area contributed by atoms with Gasteiger partial charge >= 0.3 is 11.9 Å². The van der Waals surface area contributed by atoms with Gasteiger partial charge in [-0.15, -0.1) is 0 Å². The molecule has 1 rings (SSSR count). The Morgan fingerprint density at radius 3 is 1.86 bits per heavy atom. The fourth-order valence-corrected chi connectivity index (χ4v) is 3.31. The maximum Gasteiger partial charge on any atom is 0.326 e. The van der Waals surface area contributed by atoms with E-state index in [2.05, 4.69) is 28.6 Å². The molecule has 0 saturated heterocycles. The molecule has 0 saturated carbocycles. The molecule has 4 amide bonds. The maximum atomic E-state index is 12.8. The van der Waals surface area contributed by atoms with Gasteiger partial charge in [0.1, 0.15) is 23.9 Å². The predicted molar refractivity (Wildman–Crippen MR) is 132 cm³/mol. The lowest BCUT2D eigenvalue weighted by atomic mass is 10.0. The Kier molecular flexibility index (Phi) is 12.9. The van der Waals surface area contributed by atoms with Crippen LogP contribution in [-0.2, 0) is 35.2 Å². The van der Waals surface area contributed by atoms with Crippen LogP contribution in [0.25, 0.3) is 0 Å². The zero-order valence-electron chi connectivity index (χ0n) is 19.8. The van der Waals surface area contributed by atoms with Crippen LogP contribution in [-0.4, -0.2) is 80.8 Å². The number of rotatable bonds is 16. The molecule has 1 aromatic carbocycles. The number of phenols is 1. The second-order valence-corrected chi connectivity index (χ2v) is 8.48. The SMILES string of the molecule is NC(=O)CCC(N)C(=O)NC(CS)C(=O)NC(CCC(=O)O)C(=O)NC(Cc1ccc(O)cc1)C(=O)O. The number of amides is 4. The molecule has 0 bridgehead atoms. The molecule has 0 heterocycles. The van der Waals surface area contributed by atoms with Gasteiger partial charge in [0.2, 0.25) is 23.6 Å². The third kappa shape index (κ3) is 11.6. The number of thiol groups is 1. The number of carboxylic acids is 2. The van der Waals surface area contributed by atoms with Crippen molar-refractivity contribution < 1.29 is 44.1 Å². The number of nitrogens with one attached hydrogen (secondary N) is 3. The summed E-state index contributed by atoms with van der Waals surface area (Å²) in [4.78, 5) is 71.5. The van der Waals surface area contributed by atoms with E-state index >= 15 is 0 Å². The van der Waals surface area contributed by atoms with E-state index in [1.54, 1.807) is 0 Å². The maximum absolute atomic E-state index is 12.8. The van der Waals surface area contributed by atoms with E-state index in [-0.39, 0.29) is 37.2 Å². The fraction of sp³-hybridized carbons (Fsp3) is 0.455. The smallest absolute Gasteiger partial charge is 0.326 e. The fourth-order valence-electron chi connectivity index (χ4n) is 3.05. The number of carboxylic acid groups (broad SMARTS) is 2. The van der Waals surface area contributed by atoms with Gasteiger partial charge < -0.3 is 42.7 Å². The van der Waals surface area contributed by atoms with Crippen molar-refractivity contribution in [3.8, 4) is 5.75 Å². The summed E-state index contributed by atoms with van der Waals surface area (Å²) >= 11 is 4.01. The summed E-state index contributed by atoms with van der Waals surface area (Å²) in [5, 5.41) is 34.8. The van der Waals surface area contributed by atoms with Crippen molar-refractivity contribution in [3.63, 3.8) is 0 Å². The Balaban J connectivity index is 2.93. The molecule has 4 atom stereocenters. The van der Waals surface area contributed by atoms with E-state index in [9.17, 15) is 39.0 Å². The van der Waals surface area contributed by atoms with Crippen LogP contribution in [0.4, 0.5) is 0 Å². The number of nitrogens with two attached hydrogens (primary N) is 2. The van der Waals surface area contributed by atoms with E-state index < -0.39 is 66.2 Å². The third-order valence-corrected chi connectivity index (χ3v) is 5.49. The highest BCUT2D eigenvalue weighted by Crippen LogP contribution is 2.12. The van der Waals surface area contributed by atoms with Gasteiger partial charge in [-0.25, -0.2) is 4.79 Å². The predicted octanol–water partition coefficient (Wildman–Crippen LogP) is -2.14. The first kappa shape index (κ1) is 31.2. The van der Waals surface area contributed by atoms with Crippen LogP contribution in [0.1, 0.15) is 31.2 Å². The first-order valence-corrected chi connectivity index (χ1v) is 11.8. The van der Waals surface area contributed by atoms with Crippen molar-refractivity contribution in [2.45, 2.75) is 56.3 Å². The minimum Gasteiger partial charge on any atom is -0.508 e. The largest absolute Gasteiger partial charge is 0.508 e. The summed E-state index contributed by atoms with van der Waals surface area (Å²) in [6.07, 6.45) is -1.27. The molecule has 37 heavy (non-hydrogen) atoms. The lowest BCUT2D eigenvalue weighted by Gasteiger charge is -2.24. The third-order valence-electron chi connectivity index (χ3n) is 5.12. The Labute approximate surface area is 217 Å². The molecule has 0 aliphatic heterocycles. The summed E-state index contributed by atoms with van der Waals surface area (Å²) in [5.41, 5.74) is 11.2. The molecule has 0 aromatic heterocycles. The van der Waals surface area contributed by atoms with Crippen LogP contribution in [0.5, 0.6) is 5.75 Å². The molecule has 1 aromatic rings. The molecule has 204 valence electrons. The second kappa shape index (κ2) is 15.3. The van der Waals surface area contributed by atoms with Crippen LogP contribution in [0.3, 0.4) is 0 Å². The molecular formula is C22H31N5O9S. The van der Waals surface area contributed by atoms with Gasteiger partial charge in [0, 0.05) is 25.0 Å². The van der Waals surface area contributed by atoms with Gasteiger partial charge in [0.15, 0.2) is 0 Å². The van der Waals surface area contributed by atoms with Crippen LogP contribution < -0.4 is 27.4 Å². The number of carbonyl (C=O) groups is 6. The molecule has 15 heteroatoms. The van der Waals surface area contributed by atoms with Gasteiger partial charge in [-0.2, -0.15) is 12.6 Å². The molecule has 10 N–H and O–H groups in total. The molecular weight excluding hydrogens is 510 g/mol. The monoisotopic (exact) mass is 541 g/mol. The highest BCUT2D eigenvalue weighted by Gasteiger charge is 2.30. The number of aliphatic carboxylic acids is 2. The van der Waals surface area contributed by atoms with Crippen LogP contribution in [0.2, 0.25) is 0 Å². The molecule has 4 unspecified atom stereocenters. The van der Waals surface area contributed by atoms with Gasteiger partial charge in [-0.3, -0.25) is 24.0 Å². The van der Waals surface area contributed by atoms with Crippen LogP contribution >= 0.6 is 12.6 Å². The van der Waals surface area contributed by atoms with Gasteiger partial charge in [0.25, 0.3) is 0 Å². The minimum atomic E-state index is -1.45. The second-order valence-electron chi connectivity index (χ2n) is 8.12. The van der Waals surface area contributed by atoms with E-state index in [1.807, 2.05) is 0 Å². The highest BCUT2D eigenvalue weighted by molar-refractivity contribution is 7.80. The number of hydrogen-bond acceptors (Lipinski definition) is 9. The lowest BCUT2D eigenvalue weighted by molar-refractivity contribution is -0.143. The Bertz CT molecular complexity index is 989. The van der Waals surface area contributed by atoms with Gasteiger partial charge in [-0.1, -0.05) is 12.1 Å². The highest BCUT2D eigenvalue weighted by atomic mass is 32.1. The average Bonchev–Trinajstić information content (AvgIpc) is 2.83. The summed E-state index contributed by atoms with van der Waals surface area (Å²) in [6, 6.07) is 0.325. The quantitative estimate of drug-likeness (QED) is 0.103. The van der Waals surface area contributed by atoms with E-state index in [4.69, 9.17) is 16.6 Å². The number of benzene rings is 1. The van der Waals surface area contributed by atoms with Crippen molar-refractivity contribution in [3.05, 3.63) is 29.8 Å². The van der Waals surface area contributed by atoms with E-state index in [0.717, 1.165) is 0 Å².